The van der Waals surface area contributed by atoms with Gasteiger partial charge in [-0.15, -0.1) is 0 Å². The first-order valence-electron chi connectivity index (χ1n) is 9.03. The van der Waals surface area contributed by atoms with Gasteiger partial charge < -0.3 is 10.4 Å². The minimum Gasteiger partial charge on any atom is -0.508 e. The summed E-state index contributed by atoms with van der Waals surface area (Å²) in [6, 6.07) is 18.5. The molecule has 2 N–H and O–H groups in total. The SMILES string of the molecule is Cc1cc(C)c(NC(=O)/C(=C/c2ccc(O)cc2)C(=O)c2ccccc2)c(Cl)c1. The summed E-state index contributed by atoms with van der Waals surface area (Å²) >= 11 is 6.31. The average Bonchev–Trinajstić information content (AvgIpc) is 2.70. The Morgan fingerprint density at radius 2 is 1.62 bits per heavy atom. The molecule has 0 aliphatic rings. The second-order valence-corrected chi connectivity index (χ2v) is 7.14. The Morgan fingerprint density at radius 3 is 2.24 bits per heavy atom. The number of carbonyl (C=O) groups excluding carboxylic acids is 2. The molecule has 0 saturated heterocycles. The molecule has 3 aromatic rings. The van der Waals surface area contributed by atoms with E-state index in [0.29, 0.717) is 21.8 Å². The molecule has 0 bridgehead atoms. The third-order valence-electron chi connectivity index (χ3n) is 4.40. The maximum atomic E-state index is 13.1. The van der Waals surface area contributed by atoms with Crippen LogP contribution < -0.4 is 5.32 Å². The van der Waals surface area contributed by atoms with Gasteiger partial charge in [-0.1, -0.05) is 60.1 Å². The standard InChI is InChI=1S/C24H20ClNO3/c1-15-12-16(2)22(21(25)13-15)26-24(29)20(14-17-8-10-19(27)11-9-17)23(28)18-6-4-3-5-7-18/h3-14,27H,1-2H3,(H,26,29)/b20-14+. The predicted molar refractivity (Wildman–Crippen MR) is 116 cm³/mol. The largest absolute Gasteiger partial charge is 0.508 e. The summed E-state index contributed by atoms with van der Waals surface area (Å²) in [6.07, 6.45) is 1.50. The van der Waals surface area contributed by atoms with Crippen LogP contribution in [0.1, 0.15) is 27.0 Å². The monoisotopic (exact) mass is 405 g/mol. The molecule has 1 amide bonds. The van der Waals surface area contributed by atoms with Gasteiger partial charge in [-0.2, -0.15) is 0 Å². The minimum atomic E-state index is -0.555. The molecule has 0 spiro atoms. The Hall–Kier alpha value is -3.37. The van der Waals surface area contributed by atoms with E-state index < -0.39 is 11.7 Å². The molecule has 3 aromatic carbocycles. The molecule has 0 aliphatic carbocycles. The van der Waals surface area contributed by atoms with Gasteiger partial charge in [0.05, 0.1) is 16.3 Å². The normalized spacial score (nSPS) is 11.2. The number of amides is 1. The number of benzene rings is 3. The van der Waals surface area contributed by atoms with Crippen molar-refractivity contribution in [1.82, 2.24) is 0 Å². The zero-order valence-electron chi connectivity index (χ0n) is 16.1. The molecular formula is C24H20ClNO3. The van der Waals surface area contributed by atoms with Crippen molar-refractivity contribution in [1.29, 1.82) is 0 Å². The van der Waals surface area contributed by atoms with E-state index in [1.165, 1.54) is 18.2 Å². The highest BCUT2D eigenvalue weighted by atomic mass is 35.5. The van der Waals surface area contributed by atoms with Crippen LogP contribution in [0.15, 0.2) is 72.3 Å². The zero-order chi connectivity index (χ0) is 21.0. The molecule has 0 heterocycles. The number of aromatic hydroxyl groups is 1. The molecule has 0 aliphatic heterocycles. The summed E-state index contributed by atoms with van der Waals surface area (Å²) in [6.45, 7) is 3.76. The van der Waals surface area contributed by atoms with Gasteiger partial charge in [0.15, 0.2) is 5.78 Å². The van der Waals surface area contributed by atoms with E-state index in [4.69, 9.17) is 11.6 Å². The topological polar surface area (TPSA) is 66.4 Å². The number of carbonyl (C=O) groups is 2. The molecule has 0 atom stereocenters. The number of ketones is 1. The van der Waals surface area contributed by atoms with Crippen LogP contribution in [0.4, 0.5) is 5.69 Å². The number of hydrogen-bond donors (Lipinski definition) is 2. The Balaban J connectivity index is 2.02. The van der Waals surface area contributed by atoms with Crippen LogP contribution in [-0.2, 0) is 4.79 Å². The van der Waals surface area contributed by atoms with Crippen molar-refractivity contribution in [2.45, 2.75) is 13.8 Å². The van der Waals surface area contributed by atoms with E-state index >= 15 is 0 Å². The smallest absolute Gasteiger partial charge is 0.259 e. The lowest BCUT2D eigenvalue weighted by atomic mass is 9.99. The van der Waals surface area contributed by atoms with Gasteiger partial charge in [0.25, 0.3) is 5.91 Å². The summed E-state index contributed by atoms with van der Waals surface area (Å²) in [5.74, 6) is -0.859. The van der Waals surface area contributed by atoms with Crippen molar-refractivity contribution in [3.63, 3.8) is 0 Å². The first kappa shape index (κ1) is 20.4. The molecule has 3 rings (SSSR count). The fourth-order valence-corrected chi connectivity index (χ4v) is 3.34. The molecular weight excluding hydrogens is 386 g/mol. The molecule has 0 unspecified atom stereocenters. The quantitative estimate of drug-likeness (QED) is 0.252. The van der Waals surface area contributed by atoms with Crippen LogP contribution in [0.5, 0.6) is 5.75 Å². The van der Waals surface area contributed by atoms with Crippen molar-refractivity contribution in [2.24, 2.45) is 0 Å². The highest BCUT2D eigenvalue weighted by Crippen LogP contribution is 2.28. The van der Waals surface area contributed by atoms with Crippen LogP contribution in [0.2, 0.25) is 5.02 Å². The Morgan fingerprint density at radius 1 is 0.966 bits per heavy atom. The first-order valence-corrected chi connectivity index (χ1v) is 9.41. The summed E-state index contributed by atoms with van der Waals surface area (Å²) < 4.78 is 0. The lowest BCUT2D eigenvalue weighted by Crippen LogP contribution is -2.21. The van der Waals surface area contributed by atoms with Crippen molar-refractivity contribution in [3.8, 4) is 5.75 Å². The van der Waals surface area contributed by atoms with Crippen molar-refractivity contribution in [2.75, 3.05) is 5.32 Å². The van der Waals surface area contributed by atoms with Gasteiger partial charge in [-0.3, -0.25) is 9.59 Å². The van der Waals surface area contributed by atoms with Gasteiger partial charge in [0, 0.05) is 5.56 Å². The number of aryl methyl sites for hydroxylation is 2. The summed E-state index contributed by atoms with van der Waals surface area (Å²) in [7, 11) is 0. The van der Waals surface area contributed by atoms with Crippen LogP contribution in [0.25, 0.3) is 6.08 Å². The van der Waals surface area contributed by atoms with E-state index in [-0.39, 0.29) is 11.3 Å². The number of phenolic OH excluding ortho intramolecular Hbond substituents is 1. The van der Waals surface area contributed by atoms with E-state index in [1.54, 1.807) is 48.5 Å². The van der Waals surface area contributed by atoms with Crippen molar-refractivity contribution in [3.05, 3.63) is 99.6 Å². The van der Waals surface area contributed by atoms with Gasteiger partial charge >= 0.3 is 0 Å². The van der Waals surface area contributed by atoms with E-state index in [0.717, 1.165) is 11.1 Å². The van der Waals surface area contributed by atoms with E-state index in [9.17, 15) is 14.7 Å². The fourth-order valence-electron chi connectivity index (χ4n) is 2.97. The van der Waals surface area contributed by atoms with Crippen LogP contribution in [0.3, 0.4) is 0 Å². The second kappa shape index (κ2) is 8.76. The molecule has 29 heavy (non-hydrogen) atoms. The Labute approximate surface area is 174 Å². The molecule has 146 valence electrons. The average molecular weight is 406 g/mol. The lowest BCUT2D eigenvalue weighted by Gasteiger charge is -2.13. The van der Waals surface area contributed by atoms with Gasteiger partial charge in [0.1, 0.15) is 5.75 Å². The highest BCUT2D eigenvalue weighted by Gasteiger charge is 2.21. The van der Waals surface area contributed by atoms with Gasteiger partial charge in [-0.25, -0.2) is 0 Å². The van der Waals surface area contributed by atoms with Crippen molar-refractivity contribution >= 4 is 35.1 Å². The molecule has 0 fully saturated rings. The van der Waals surface area contributed by atoms with Gasteiger partial charge in [0.2, 0.25) is 0 Å². The number of phenols is 1. The number of rotatable bonds is 5. The zero-order valence-corrected chi connectivity index (χ0v) is 16.8. The molecule has 0 aromatic heterocycles. The molecule has 4 nitrogen and oxygen atoms in total. The van der Waals surface area contributed by atoms with Crippen molar-refractivity contribution < 1.29 is 14.7 Å². The van der Waals surface area contributed by atoms with E-state index in [2.05, 4.69) is 5.32 Å². The number of nitrogens with one attached hydrogen (secondary N) is 1. The number of halogens is 1. The number of hydrogen-bond acceptors (Lipinski definition) is 3. The highest BCUT2D eigenvalue weighted by molar-refractivity contribution is 6.36. The molecule has 5 heteroatoms. The summed E-state index contributed by atoms with van der Waals surface area (Å²) in [5.41, 5.74) is 3.24. The fraction of sp³-hybridized carbons (Fsp3) is 0.0833. The number of Topliss-reactive ketones (excluding diaryl/α,β-unsaturated/α-hetero) is 1. The first-order chi connectivity index (χ1) is 13.8. The third-order valence-corrected chi connectivity index (χ3v) is 4.70. The number of anilines is 1. The lowest BCUT2D eigenvalue weighted by molar-refractivity contribution is -0.112. The van der Waals surface area contributed by atoms with Crippen LogP contribution in [0, 0.1) is 13.8 Å². The minimum absolute atomic E-state index is 0.0297. The third kappa shape index (κ3) is 4.92. The molecule has 0 radical (unpaired) electrons. The summed E-state index contributed by atoms with van der Waals surface area (Å²) in [4.78, 5) is 26.1. The predicted octanol–water partition coefficient (Wildman–Crippen LogP) is 5.57. The summed E-state index contributed by atoms with van der Waals surface area (Å²) in [5, 5.41) is 12.7. The van der Waals surface area contributed by atoms with Gasteiger partial charge in [-0.05, 0) is 54.8 Å². The van der Waals surface area contributed by atoms with Crippen LogP contribution in [-0.4, -0.2) is 16.8 Å². The van der Waals surface area contributed by atoms with E-state index in [1.807, 2.05) is 19.9 Å². The molecule has 0 saturated carbocycles. The van der Waals surface area contributed by atoms with Crippen LogP contribution >= 0.6 is 11.6 Å². The maximum Gasteiger partial charge on any atom is 0.259 e. The Bertz CT molecular complexity index is 1060. The Kier molecular flexibility index (Phi) is 6.15. The maximum absolute atomic E-state index is 13.1. The second-order valence-electron chi connectivity index (χ2n) is 6.74.